The van der Waals surface area contributed by atoms with Gasteiger partial charge in [0.2, 0.25) is 5.91 Å². The van der Waals surface area contributed by atoms with Gasteiger partial charge in [-0.05, 0) is 28.7 Å². The molecular formula is C25H27N5O5. The van der Waals surface area contributed by atoms with Crippen molar-refractivity contribution in [3.05, 3.63) is 71.5 Å². The standard InChI is InChI=1S/C25H27N5O5/c1-2-16(11-23(31)26-12-17-13-30(29-28-17)14-24(32)33)27-25(34)35-15-22-20-9-5-3-7-18(20)19-8-4-6-10-21(19)22/h3-10,13,16,22H,2,11-12,14-15H2,1H3,(H,26,31)(H,27,34)(H,32,33)/t16-/m1/s1. The Labute approximate surface area is 202 Å². The number of hydrogen-bond donors (Lipinski definition) is 3. The normalized spacial score (nSPS) is 12.9. The molecule has 0 radical (unpaired) electrons. The highest BCUT2D eigenvalue weighted by atomic mass is 16.5. The molecule has 1 aliphatic carbocycles. The first-order valence-corrected chi connectivity index (χ1v) is 11.4. The first kappa shape index (κ1) is 23.9. The predicted octanol–water partition coefficient (Wildman–Crippen LogP) is 2.69. The van der Waals surface area contributed by atoms with Crippen LogP contribution in [-0.4, -0.2) is 50.7 Å². The molecule has 182 valence electrons. The van der Waals surface area contributed by atoms with E-state index in [0.29, 0.717) is 12.1 Å². The minimum Gasteiger partial charge on any atom is -0.480 e. The van der Waals surface area contributed by atoms with Crippen molar-refractivity contribution in [3.63, 3.8) is 0 Å². The number of rotatable bonds is 10. The summed E-state index contributed by atoms with van der Waals surface area (Å²) in [6.07, 6.45) is 1.51. The number of carboxylic acid groups (broad SMARTS) is 1. The molecule has 10 nitrogen and oxygen atoms in total. The van der Waals surface area contributed by atoms with E-state index in [1.54, 1.807) is 0 Å². The Balaban J connectivity index is 1.26. The Hall–Kier alpha value is -4.21. The van der Waals surface area contributed by atoms with Crippen LogP contribution in [0.15, 0.2) is 54.7 Å². The second-order valence-electron chi connectivity index (χ2n) is 8.36. The van der Waals surface area contributed by atoms with Crippen molar-refractivity contribution in [2.45, 2.75) is 44.8 Å². The fraction of sp³-hybridized carbons (Fsp3) is 0.320. The van der Waals surface area contributed by atoms with Gasteiger partial charge in [0.05, 0.1) is 12.7 Å². The third-order valence-corrected chi connectivity index (χ3v) is 5.94. The summed E-state index contributed by atoms with van der Waals surface area (Å²) in [5.41, 5.74) is 5.02. The quantitative estimate of drug-likeness (QED) is 0.408. The fourth-order valence-corrected chi connectivity index (χ4v) is 4.22. The van der Waals surface area contributed by atoms with Gasteiger partial charge in [0, 0.05) is 18.4 Å². The average molecular weight is 478 g/mol. The highest BCUT2D eigenvalue weighted by Crippen LogP contribution is 2.44. The highest BCUT2D eigenvalue weighted by Gasteiger charge is 2.29. The maximum absolute atomic E-state index is 12.5. The molecule has 1 aliphatic rings. The molecule has 2 amide bonds. The van der Waals surface area contributed by atoms with Crippen molar-refractivity contribution in [3.8, 4) is 11.1 Å². The van der Waals surface area contributed by atoms with E-state index < -0.39 is 18.1 Å². The van der Waals surface area contributed by atoms with Crippen LogP contribution in [0.1, 0.15) is 42.5 Å². The first-order valence-electron chi connectivity index (χ1n) is 11.4. The van der Waals surface area contributed by atoms with Crippen molar-refractivity contribution in [2.75, 3.05) is 6.61 Å². The molecule has 0 bridgehead atoms. The largest absolute Gasteiger partial charge is 0.480 e. The van der Waals surface area contributed by atoms with Crippen LogP contribution in [0.4, 0.5) is 4.79 Å². The second-order valence-corrected chi connectivity index (χ2v) is 8.36. The van der Waals surface area contributed by atoms with Gasteiger partial charge in [-0.3, -0.25) is 9.59 Å². The van der Waals surface area contributed by atoms with Crippen LogP contribution < -0.4 is 10.6 Å². The van der Waals surface area contributed by atoms with Crippen molar-refractivity contribution in [2.24, 2.45) is 0 Å². The van der Waals surface area contributed by atoms with Crippen molar-refractivity contribution in [1.29, 1.82) is 0 Å². The fourth-order valence-electron chi connectivity index (χ4n) is 4.22. The molecule has 2 aromatic carbocycles. The number of nitrogens with zero attached hydrogens (tertiary/aromatic N) is 3. The third-order valence-electron chi connectivity index (χ3n) is 5.94. The minimum atomic E-state index is -1.03. The molecule has 0 aliphatic heterocycles. The zero-order valence-electron chi connectivity index (χ0n) is 19.3. The number of alkyl carbamates (subject to hydrolysis) is 1. The molecule has 4 rings (SSSR count). The molecule has 3 N–H and O–H groups in total. The molecule has 10 heteroatoms. The summed E-state index contributed by atoms with van der Waals surface area (Å²) in [4.78, 5) is 35.6. The molecule has 0 spiro atoms. The Kier molecular flexibility index (Phi) is 7.39. The van der Waals surface area contributed by atoms with Crippen molar-refractivity contribution >= 4 is 18.0 Å². The number of carbonyl (C=O) groups is 3. The molecule has 0 saturated carbocycles. The number of hydrogen-bond acceptors (Lipinski definition) is 6. The molecule has 1 aromatic heterocycles. The van der Waals surface area contributed by atoms with Crippen LogP contribution in [0, 0.1) is 0 Å². The first-order chi connectivity index (χ1) is 16.9. The van der Waals surface area contributed by atoms with Gasteiger partial charge in [-0.25, -0.2) is 9.48 Å². The second kappa shape index (κ2) is 10.8. The third kappa shape index (κ3) is 5.84. The van der Waals surface area contributed by atoms with Crippen LogP contribution >= 0.6 is 0 Å². The summed E-state index contributed by atoms with van der Waals surface area (Å²) < 4.78 is 6.74. The van der Waals surface area contributed by atoms with E-state index in [2.05, 4.69) is 45.2 Å². The Morgan fingerprint density at radius 3 is 2.37 bits per heavy atom. The summed E-state index contributed by atoms with van der Waals surface area (Å²) >= 11 is 0. The summed E-state index contributed by atoms with van der Waals surface area (Å²) in [6.45, 7) is 1.89. The molecule has 0 unspecified atom stereocenters. The molecule has 1 heterocycles. The minimum absolute atomic E-state index is 0.0360. The highest BCUT2D eigenvalue weighted by molar-refractivity contribution is 5.79. The van der Waals surface area contributed by atoms with Gasteiger partial charge in [0.15, 0.2) is 0 Å². The number of carbonyl (C=O) groups excluding carboxylic acids is 2. The maximum Gasteiger partial charge on any atom is 0.407 e. The molecule has 0 fully saturated rings. The van der Waals surface area contributed by atoms with Crippen molar-refractivity contribution in [1.82, 2.24) is 25.6 Å². The van der Waals surface area contributed by atoms with Gasteiger partial charge < -0.3 is 20.5 Å². The number of amides is 2. The topological polar surface area (TPSA) is 135 Å². The van der Waals surface area contributed by atoms with Gasteiger partial charge in [-0.1, -0.05) is 60.7 Å². The summed E-state index contributed by atoms with van der Waals surface area (Å²) in [6, 6.07) is 15.8. The lowest BCUT2D eigenvalue weighted by molar-refractivity contribution is -0.138. The van der Waals surface area contributed by atoms with E-state index in [-0.39, 0.29) is 37.9 Å². The van der Waals surface area contributed by atoms with Gasteiger partial charge in [-0.15, -0.1) is 5.10 Å². The number of carboxylic acids is 1. The lowest BCUT2D eigenvalue weighted by Crippen LogP contribution is -2.39. The number of fused-ring (bicyclic) bond motifs is 3. The Morgan fingerprint density at radius 2 is 1.74 bits per heavy atom. The molecule has 3 aromatic rings. The average Bonchev–Trinajstić information content (AvgIpc) is 3.42. The monoisotopic (exact) mass is 477 g/mol. The van der Waals surface area contributed by atoms with Crippen LogP contribution in [0.2, 0.25) is 0 Å². The number of nitrogens with one attached hydrogen (secondary N) is 2. The number of ether oxygens (including phenoxy) is 1. The molecule has 35 heavy (non-hydrogen) atoms. The smallest absolute Gasteiger partial charge is 0.407 e. The van der Waals surface area contributed by atoms with E-state index in [4.69, 9.17) is 9.84 Å². The van der Waals surface area contributed by atoms with Crippen LogP contribution in [0.5, 0.6) is 0 Å². The van der Waals surface area contributed by atoms with Crippen LogP contribution in [0.3, 0.4) is 0 Å². The Bertz CT molecular complexity index is 1180. The zero-order valence-corrected chi connectivity index (χ0v) is 19.3. The number of aromatic nitrogens is 3. The van der Waals surface area contributed by atoms with E-state index >= 15 is 0 Å². The lowest BCUT2D eigenvalue weighted by Gasteiger charge is -2.18. The summed E-state index contributed by atoms with van der Waals surface area (Å²) in [5.74, 6) is -1.34. The summed E-state index contributed by atoms with van der Waals surface area (Å²) in [7, 11) is 0. The van der Waals surface area contributed by atoms with E-state index in [0.717, 1.165) is 22.3 Å². The van der Waals surface area contributed by atoms with Crippen LogP contribution in [0.25, 0.3) is 11.1 Å². The lowest BCUT2D eigenvalue weighted by atomic mass is 9.98. The van der Waals surface area contributed by atoms with Gasteiger partial charge in [0.25, 0.3) is 0 Å². The molecule has 0 saturated heterocycles. The van der Waals surface area contributed by atoms with E-state index in [9.17, 15) is 14.4 Å². The van der Waals surface area contributed by atoms with Gasteiger partial charge in [-0.2, -0.15) is 0 Å². The number of aliphatic carboxylic acids is 1. The van der Waals surface area contributed by atoms with Gasteiger partial charge >= 0.3 is 12.1 Å². The SMILES string of the molecule is CC[C@H](CC(=O)NCc1cn(CC(=O)O)nn1)NC(=O)OCC1c2ccccc2-c2ccccc21. The maximum atomic E-state index is 12.5. The predicted molar refractivity (Wildman–Crippen MR) is 126 cm³/mol. The molecule has 1 atom stereocenters. The van der Waals surface area contributed by atoms with Crippen LogP contribution in [-0.2, 0) is 27.4 Å². The molecular weight excluding hydrogens is 450 g/mol. The van der Waals surface area contributed by atoms with Gasteiger partial charge in [0.1, 0.15) is 18.8 Å². The van der Waals surface area contributed by atoms with Crippen molar-refractivity contribution < 1.29 is 24.2 Å². The Morgan fingerprint density at radius 1 is 1.09 bits per heavy atom. The van der Waals surface area contributed by atoms with E-state index in [1.807, 2.05) is 31.2 Å². The zero-order chi connectivity index (χ0) is 24.8. The number of benzene rings is 2. The summed E-state index contributed by atoms with van der Waals surface area (Å²) in [5, 5.41) is 21.8. The van der Waals surface area contributed by atoms with E-state index in [1.165, 1.54) is 10.9 Å².